The Morgan fingerprint density at radius 3 is 2.86 bits per heavy atom. The number of aromatic nitrogens is 4. The number of aliphatic hydroxyl groups is 2. The van der Waals surface area contributed by atoms with Crippen molar-refractivity contribution in [3.63, 3.8) is 0 Å². The molecule has 0 bridgehead atoms. The van der Waals surface area contributed by atoms with E-state index in [-0.39, 0.29) is 24.2 Å². The van der Waals surface area contributed by atoms with Gasteiger partial charge in [-0.1, -0.05) is 23.4 Å². The molecule has 2 saturated heterocycles. The van der Waals surface area contributed by atoms with E-state index in [0.717, 1.165) is 72.4 Å². The summed E-state index contributed by atoms with van der Waals surface area (Å²) in [6.45, 7) is 4.15. The Bertz CT molecular complexity index is 1290. The van der Waals surface area contributed by atoms with Gasteiger partial charge in [0.1, 0.15) is 15.9 Å². The average Bonchev–Trinajstić information content (AvgIpc) is 3.38. The molecular formula is C25H31ClN6O3S. The molecule has 0 saturated carbocycles. The summed E-state index contributed by atoms with van der Waals surface area (Å²) in [5.74, 6) is 0.711. The molecule has 0 amide bonds. The van der Waals surface area contributed by atoms with Crippen LogP contribution in [0, 0.1) is 5.41 Å². The summed E-state index contributed by atoms with van der Waals surface area (Å²) in [6.07, 6.45) is 5.73. The molecule has 6 rings (SSSR count). The number of ether oxygens (including phenoxy) is 1. The number of nitrogens with zero attached hydrogens (tertiary/aromatic N) is 4. The van der Waals surface area contributed by atoms with Crippen LogP contribution in [-0.4, -0.2) is 62.0 Å². The molecule has 36 heavy (non-hydrogen) atoms. The van der Waals surface area contributed by atoms with E-state index >= 15 is 0 Å². The fourth-order valence-electron chi connectivity index (χ4n) is 5.94. The van der Waals surface area contributed by atoms with Crippen molar-refractivity contribution in [3.05, 3.63) is 34.4 Å². The summed E-state index contributed by atoms with van der Waals surface area (Å²) >= 11 is 7.93. The van der Waals surface area contributed by atoms with Gasteiger partial charge >= 0.3 is 0 Å². The Morgan fingerprint density at radius 1 is 1.33 bits per heavy atom. The van der Waals surface area contributed by atoms with Crippen LogP contribution in [0.2, 0.25) is 5.15 Å². The monoisotopic (exact) mass is 530 g/mol. The highest BCUT2D eigenvalue weighted by Crippen LogP contribution is 2.43. The van der Waals surface area contributed by atoms with E-state index < -0.39 is 6.10 Å². The molecule has 3 aromatic heterocycles. The Morgan fingerprint density at radius 2 is 2.14 bits per heavy atom. The lowest BCUT2D eigenvalue weighted by Crippen LogP contribution is -2.51. The van der Waals surface area contributed by atoms with Gasteiger partial charge in [-0.2, -0.15) is 0 Å². The molecule has 5 N–H and O–H groups in total. The minimum Gasteiger partial charge on any atom is -0.390 e. The average molecular weight is 531 g/mol. The smallest absolute Gasteiger partial charge is 0.152 e. The number of pyridine rings is 1. The van der Waals surface area contributed by atoms with Crippen molar-refractivity contribution < 1.29 is 14.9 Å². The number of hydrogen-bond donors (Lipinski definition) is 4. The first kappa shape index (κ1) is 24.4. The van der Waals surface area contributed by atoms with Crippen LogP contribution in [0.1, 0.15) is 55.7 Å². The molecule has 3 atom stereocenters. The lowest BCUT2D eigenvalue weighted by atomic mass is 9.73. The first-order valence-corrected chi connectivity index (χ1v) is 13.7. The van der Waals surface area contributed by atoms with E-state index in [1.165, 1.54) is 11.8 Å². The van der Waals surface area contributed by atoms with Gasteiger partial charge in [0.25, 0.3) is 0 Å². The number of piperidine rings is 1. The van der Waals surface area contributed by atoms with Crippen molar-refractivity contribution in [2.45, 2.75) is 73.8 Å². The molecule has 2 aliphatic heterocycles. The summed E-state index contributed by atoms with van der Waals surface area (Å²) in [7, 11) is 0. The number of nitrogens with one attached hydrogen (secondary N) is 1. The quantitative estimate of drug-likeness (QED) is 0.374. The fraction of sp³-hybridized carbons (Fsp3) is 0.560. The Labute approximate surface area is 218 Å². The summed E-state index contributed by atoms with van der Waals surface area (Å²) in [5.41, 5.74) is 10.6. The van der Waals surface area contributed by atoms with E-state index in [0.29, 0.717) is 28.3 Å². The summed E-state index contributed by atoms with van der Waals surface area (Å²) in [4.78, 5) is 20.3. The summed E-state index contributed by atoms with van der Waals surface area (Å²) in [5, 5.41) is 21.5. The summed E-state index contributed by atoms with van der Waals surface area (Å²) < 4.78 is 5.84. The van der Waals surface area contributed by atoms with Crippen LogP contribution in [0.15, 0.2) is 22.2 Å². The lowest BCUT2D eigenvalue weighted by molar-refractivity contribution is 0.0973. The number of H-pyrrole nitrogens is 1. The molecule has 1 unspecified atom stereocenters. The molecule has 1 spiro atoms. The van der Waals surface area contributed by atoms with Gasteiger partial charge in [-0.15, -0.1) is 0 Å². The molecule has 3 aromatic rings. The number of rotatable bonds is 4. The SMILES string of the molecule is C[C@@H]1OCC2(CCN(c3ncc(Sc4cc5[nH]c6c(c5nc4Cl)CCCC6O)nc3CO)CC2)[C@@H]1N. The van der Waals surface area contributed by atoms with Gasteiger partial charge in [-0.25, -0.2) is 15.0 Å². The minimum atomic E-state index is -0.492. The molecule has 2 fully saturated rings. The van der Waals surface area contributed by atoms with Crippen molar-refractivity contribution in [1.82, 2.24) is 19.9 Å². The van der Waals surface area contributed by atoms with Gasteiger partial charge in [0.05, 0.1) is 47.5 Å². The van der Waals surface area contributed by atoms with Gasteiger partial charge in [0.2, 0.25) is 0 Å². The number of aromatic amines is 1. The molecule has 192 valence electrons. The van der Waals surface area contributed by atoms with Crippen LogP contribution in [0.4, 0.5) is 5.82 Å². The molecule has 0 radical (unpaired) electrons. The third-order valence-corrected chi connectivity index (χ3v) is 9.47. The van der Waals surface area contributed by atoms with Crippen LogP contribution in [0.5, 0.6) is 0 Å². The molecular weight excluding hydrogens is 500 g/mol. The first-order chi connectivity index (χ1) is 17.4. The Hall–Kier alpha value is -1.95. The van der Waals surface area contributed by atoms with Gasteiger partial charge in [-0.3, -0.25) is 0 Å². The molecule has 1 aliphatic carbocycles. The van der Waals surface area contributed by atoms with Gasteiger partial charge in [0, 0.05) is 35.8 Å². The number of aryl methyl sites for hydroxylation is 1. The second-order valence-corrected chi connectivity index (χ2v) is 11.6. The van der Waals surface area contributed by atoms with Crippen LogP contribution in [0.25, 0.3) is 11.0 Å². The van der Waals surface area contributed by atoms with Crippen molar-refractivity contribution in [1.29, 1.82) is 0 Å². The van der Waals surface area contributed by atoms with Crippen LogP contribution in [0.3, 0.4) is 0 Å². The molecule has 5 heterocycles. The second kappa shape index (κ2) is 9.41. The van der Waals surface area contributed by atoms with Crippen molar-refractivity contribution in [2.75, 3.05) is 24.6 Å². The molecule has 9 nitrogen and oxygen atoms in total. The number of hydrogen-bond acceptors (Lipinski definition) is 9. The number of halogens is 1. The zero-order valence-corrected chi connectivity index (χ0v) is 21.8. The maximum Gasteiger partial charge on any atom is 0.152 e. The number of fused-ring (bicyclic) bond motifs is 3. The normalized spacial score (nSPS) is 25.6. The first-order valence-electron chi connectivity index (χ1n) is 12.5. The predicted molar refractivity (Wildman–Crippen MR) is 138 cm³/mol. The van der Waals surface area contributed by atoms with Crippen LogP contribution in [-0.2, 0) is 17.8 Å². The highest BCUT2D eigenvalue weighted by molar-refractivity contribution is 7.99. The topological polar surface area (TPSA) is 133 Å². The highest BCUT2D eigenvalue weighted by Gasteiger charge is 2.47. The molecule has 0 aromatic carbocycles. The Kier molecular flexibility index (Phi) is 6.38. The third-order valence-electron chi connectivity index (χ3n) is 8.13. The zero-order valence-electron chi connectivity index (χ0n) is 20.2. The van der Waals surface area contributed by atoms with Crippen LogP contribution < -0.4 is 10.6 Å². The van der Waals surface area contributed by atoms with E-state index in [1.807, 2.05) is 13.0 Å². The van der Waals surface area contributed by atoms with E-state index in [1.54, 1.807) is 6.20 Å². The highest BCUT2D eigenvalue weighted by atomic mass is 35.5. The standard InChI is InChI=1S/C25H31ClN6O3S/c1-13-22(27)25(12-35-13)5-7-32(8-6-25)24-16(11-33)29-19(10-28-24)36-18-9-15-20(31-23(18)26)14-3-2-4-17(34)21(14)30-15/h9-10,13,17,22,30,33-34H,2-8,11-12,27H2,1H3/t13-,17?,22+/m0/s1. The maximum atomic E-state index is 10.4. The van der Waals surface area contributed by atoms with Crippen LogP contribution >= 0.6 is 23.4 Å². The largest absolute Gasteiger partial charge is 0.390 e. The lowest BCUT2D eigenvalue weighted by Gasteiger charge is -2.41. The third kappa shape index (κ3) is 4.08. The van der Waals surface area contributed by atoms with Crippen molar-refractivity contribution >= 4 is 40.2 Å². The predicted octanol–water partition coefficient (Wildman–Crippen LogP) is 3.35. The second-order valence-electron chi connectivity index (χ2n) is 10.2. The number of anilines is 1. The molecule has 11 heteroatoms. The fourth-order valence-corrected chi connectivity index (χ4v) is 6.99. The van der Waals surface area contributed by atoms with Crippen molar-refractivity contribution in [3.8, 4) is 0 Å². The van der Waals surface area contributed by atoms with E-state index in [2.05, 4.69) is 19.9 Å². The zero-order chi connectivity index (χ0) is 25.0. The number of aliphatic hydroxyl groups excluding tert-OH is 2. The van der Waals surface area contributed by atoms with Gasteiger partial charge < -0.3 is 30.6 Å². The van der Waals surface area contributed by atoms with E-state index in [4.69, 9.17) is 27.1 Å². The summed E-state index contributed by atoms with van der Waals surface area (Å²) in [6, 6.07) is 2.00. The molecule has 3 aliphatic rings. The van der Waals surface area contributed by atoms with Crippen molar-refractivity contribution in [2.24, 2.45) is 11.1 Å². The maximum absolute atomic E-state index is 10.4. The van der Waals surface area contributed by atoms with Gasteiger partial charge in [0.15, 0.2) is 5.82 Å². The number of nitrogens with two attached hydrogens (primary N) is 1. The Balaban J connectivity index is 1.22. The minimum absolute atomic E-state index is 0.0218. The van der Waals surface area contributed by atoms with Gasteiger partial charge in [-0.05, 0) is 45.1 Å². The van der Waals surface area contributed by atoms with E-state index in [9.17, 15) is 10.2 Å².